The number of guanidine groups is 1. The molecule has 0 radical (unpaired) electrons. The van der Waals surface area contributed by atoms with Crippen LogP contribution in [0.15, 0.2) is 34.5 Å². The maximum absolute atomic E-state index is 9.35. The lowest BCUT2D eigenvalue weighted by Crippen LogP contribution is -2.41. The predicted molar refractivity (Wildman–Crippen MR) is 55.9 cm³/mol. The number of hydrazine groups is 1. The maximum atomic E-state index is 9.35. The summed E-state index contributed by atoms with van der Waals surface area (Å²) in [5, 5.41) is 32.5. The van der Waals surface area contributed by atoms with E-state index in [4.69, 9.17) is 16.1 Å². The number of nitrogens with zero attached hydrogens (tertiary/aromatic N) is 3. The number of phenolic OH excluding ortho intramolecular Hbond substituents is 1. The van der Waals surface area contributed by atoms with Crippen LogP contribution in [0.25, 0.3) is 0 Å². The molecule has 1 rings (SSSR count). The van der Waals surface area contributed by atoms with Gasteiger partial charge in [0.15, 0.2) is 0 Å². The van der Waals surface area contributed by atoms with Crippen molar-refractivity contribution >= 4 is 12.2 Å². The van der Waals surface area contributed by atoms with Crippen LogP contribution in [0.1, 0.15) is 5.56 Å². The van der Waals surface area contributed by atoms with Gasteiger partial charge in [0.1, 0.15) is 5.75 Å². The van der Waals surface area contributed by atoms with Gasteiger partial charge in [0, 0.05) is 10.9 Å². The average molecular weight is 225 g/mol. The van der Waals surface area contributed by atoms with E-state index in [1.54, 1.807) is 18.2 Å². The van der Waals surface area contributed by atoms with Gasteiger partial charge in [-0.3, -0.25) is 10.4 Å². The number of nitrogens with one attached hydrogen (secondary N) is 1. The maximum Gasteiger partial charge on any atom is 0.232 e. The number of aromatic hydroxyl groups is 1. The summed E-state index contributed by atoms with van der Waals surface area (Å²) in [5.74, 6) is -0.268. The number of nitrogens with two attached hydrogens (primary N) is 1. The summed E-state index contributed by atoms with van der Waals surface area (Å²) < 4.78 is 0. The lowest BCUT2D eigenvalue weighted by molar-refractivity contribution is -0.329. The van der Waals surface area contributed by atoms with Gasteiger partial charge in [-0.2, -0.15) is 5.10 Å². The fraction of sp³-hybridized carbons (Fsp3) is 0. The minimum Gasteiger partial charge on any atom is -0.507 e. The molecule has 0 aliphatic rings. The van der Waals surface area contributed by atoms with Crippen molar-refractivity contribution in [1.82, 2.24) is 10.8 Å². The minimum absolute atomic E-state index is 0.0546. The first-order chi connectivity index (χ1) is 7.59. The van der Waals surface area contributed by atoms with Crippen LogP contribution in [0.3, 0.4) is 0 Å². The Morgan fingerprint density at radius 3 is 2.69 bits per heavy atom. The van der Waals surface area contributed by atoms with Gasteiger partial charge < -0.3 is 10.8 Å². The zero-order valence-corrected chi connectivity index (χ0v) is 8.15. The van der Waals surface area contributed by atoms with Crippen LogP contribution in [-0.2, 0) is 0 Å². The molecular formula is C8H11N5O3. The van der Waals surface area contributed by atoms with Crippen LogP contribution in [0.4, 0.5) is 0 Å². The molecule has 0 bridgehead atoms. The van der Waals surface area contributed by atoms with E-state index in [1.165, 1.54) is 12.3 Å². The summed E-state index contributed by atoms with van der Waals surface area (Å²) in [6.45, 7) is 0. The molecule has 0 saturated carbocycles. The Morgan fingerprint density at radius 2 is 2.06 bits per heavy atom. The van der Waals surface area contributed by atoms with Crippen LogP contribution in [0.5, 0.6) is 5.75 Å². The number of benzene rings is 1. The van der Waals surface area contributed by atoms with Crippen LogP contribution in [0, 0.1) is 0 Å². The summed E-state index contributed by atoms with van der Waals surface area (Å²) in [6.07, 6.45) is 1.27. The van der Waals surface area contributed by atoms with Gasteiger partial charge in [-0.25, -0.2) is 5.43 Å². The van der Waals surface area contributed by atoms with Gasteiger partial charge in [-0.1, -0.05) is 12.1 Å². The largest absolute Gasteiger partial charge is 0.507 e. The second kappa shape index (κ2) is 5.66. The molecule has 0 heterocycles. The van der Waals surface area contributed by atoms with E-state index in [2.05, 4.69) is 10.2 Å². The molecule has 0 aliphatic carbocycles. The third kappa shape index (κ3) is 3.92. The lowest BCUT2D eigenvalue weighted by Gasteiger charge is -2.05. The average Bonchev–Trinajstić information content (AvgIpc) is 2.19. The molecule has 1 aromatic rings. The topological polar surface area (TPSA) is 127 Å². The number of hydrogen-bond acceptors (Lipinski definition) is 6. The molecule has 0 saturated heterocycles. The molecule has 0 unspecified atom stereocenters. The SMILES string of the molecule is NC(=N/N=C/c1ccccc1O)NN(O)O. The molecular weight excluding hydrogens is 214 g/mol. The highest BCUT2D eigenvalue weighted by molar-refractivity contribution is 5.84. The van der Waals surface area contributed by atoms with Crippen molar-refractivity contribution in [2.45, 2.75) is 0 Å². The quantitative estimate of drug-likeness (QED) is 0.271. The zero-order valence-electron chi connectivity index (χ0n) is 8.15. The van der Waals surface area contributed by atoms with Gasteiger partial charge >= 0.3 is 0 Å². The predicted octanol–water partition coefficient (Wildman–Crippen LogP) is -0.374. The Balaban J connectivity index is 2.64. The molecule has 0 aliphatic heterocycles. The highest BCUT2D eigenvalue weighted by Crippen LogP contribution is 2.12. The molecule has 0 aromatic heterocycles. The van der Waals surface area contributed by atoms with Crippen molar-refractivity contribution in [3.8, 4) is 5.75 Å². The Hall–Kier alpha value is -2.16. The lowest BCUT2D eigenvalue weighted by atomic mass is 10.2. The number of rotatable bonds is 3. The summed E-state index contributed by atoms with van der Waals surface area (Å²) in [7, 11) is 0. The third-order valence-electron chi connectivity index (χ3n) is 1.51. The van der Waals surface area contributed by atoms with E-state index in [9.17, 15) is 5.11 Å². The highest BCUT2D eigenvalue weighted by atomic mass is 16.8. The van der Waals surface area contributed by atoms with E-state index < -0.39 is 0 Å². The van der Waals surface area contributed by atoms with E-state index in [1.807, 2.05) is 5.43 Å². The van der Waals surface area contributed by atoms with E-state index in [-0.39, 0.29) is 17.0 Å². The number of para-hydroxylation sites is 1. The first kappa shape index (κ1) is 11.9. The van der Waals surface area contributed by atoms with Crippen molar-refractivity contribution in [2.24, 2.45) is 15.9 Å². The fourth-order valence-electron chi connectivity index (χ4n) is 0.875. The Labute approximate surface area is 90.8 Å². The molecule has 0 spiro atoms. The molecule has 0 atom stereocenters. The van der Waals surface area contributed by atoms with Crippen molar-refractivity contribution < 1.29 is 15.5 Å². The highest BCUT2D eigenvalue weighted by Gasteiger charge is 1.95. The standard InChI is InChI=1S/C8H11N5O3/c9-8(12-13(15)16)11-10-5-6-3-1-2-4-7(6)14/h1-5,14-16H,(H3,9,11,12)/b10-5+. The van der Waals surface area contributed by atoms with E-state index in [0.717, 1.165) is 0 Å². The second-order valence-corrected chi connectivity index (χ2v) is 2.69. The number of hydrogen-bond donors (Lipinski definition) is 5. The molecule has 0 amide bonds. The van der Waals surface area contributed by atoms with Crippen LogP contribution in [-0.4, -0.2) is 33.0 Å². The first-order valence-corrected chi connectivity index (χ1v) is 4.18. The zero-order chi connectivity index (χ0) is 12.0. The summed E-state index contributed by atoms with van der Waals surface area (Å²) >= 11 is 0. The van der Waals surface area contributed by atoms with Crippen molar-refractivity contribution in [3.63, 3.8) is 0 Å². The smallest absolute Gasteiger partial charge is 0.232 e. The minimum atomic E-state index is -0.353. The molecule has 6 N–H and O–H groups in total. The molecule has 8 nitrogen and oxygen atoms in total. The normalized spacial score (nSPS) is 12.3. The third-order valence-corrected chi connectivity index (χ3v) is 1.51. The Bertz CT molecular complexity index is 404. The van der Waals surface area contributed by atoms with Crippen LogP contribution in [0.2, 0.25) is 0 Å². The molecule has 86 valence electrons. The van der Waals surface area contributed by atoms with Gasteiger partial charge in [0.25, 0.3) is 0 Å². The fourth-order valence-corrected chi connectivity index (χ4v) is 0.875. The van der Waals surface area contributed by atoms with Crippen molar-refractivity contribution in [1.29, 1.82) is 0 Å². The van der Waals surface area contributed by atoms with Gasteiger partial charge in [0.05, 0.1) is 6.21 Å². The van der Waals surface area contributed by atoms with E-state index >= 15 is 0 Å². The Morgan fingerprint density at radius 1 is 1.38 bits per heavy atom. The summed E-state index contributed by atoms with van der Waals surface area (Å²) in [5.41, 5.74) is 7.48. The molecule has 16 heavy (non-hydrogen) atoms. The van der Waals surface area contributed by atoms with Gasteiger partial charge in [-0.05, 0) is 12.1 Å². The number of phenols is 1. The Kier molecular flexibility index (Phi) is 4.21. The van der Waals surface area contributed by atoms with Crippen LogP contribution < -0.4 is 11.2 Å². The van der Waals surface area contributed by atoms with E-state index in [0.29, 0.717) is 5.56 Å². The van der Waals surface area contributed by atoms with Crippen molar-refractivity contribution in [2.75, 3.05) is 0 Å². The summed E-state index contributed by atoms with van der Waals surface area (Å²) in [4.78, 5) is 0. The molecule has 1 aromatic carbocycles. The molecule has 0 fully saturated rings. The van der Waals surface area contributed by atoms with Gasteiger partial charge in [0.2, 0.25) is 5.96 Å². The summed E-state index contributed by atoms with van der Waals surface area (Å²) in [6, 6.07) is 6.51. The first-order valence-electron chi connectivity index (χ1n) is 4.18. The van der Waals surface area contributed by atoms with Crippen molar-refractivity contribution in [3.05, 3.63) is 29.8 Å². The monoisotopic (exact) mass is 225 g/mol. The van der Waals surface area contributed by atoms with Gasteiger partial charge in [-0.15, -0.1) is 5.10 Å². The van der Waals surface area contributed by atoms with Crippen LogP contribution >= 0.6 is 0 Å². The second-order valence-electron chi connectivity index (χ2n) is 2.69. The molecule has 8 heteroatoms.